The van der Waals surface area contributed by atoms with E-state index in [1.54, 1.807) is 0 Å². The Morgan fingerprint density at radius 1 is 1.15 bits per heavy atom. The van der Waals surface area contributed by atoms with Gasteiger partial charge < -0.3 is 5.32 Å². The lowest BCUT2D eigenvalue weighted by Gasteiger charge is -2.19. The van der Waals surface area contributed by atoms with Crippen LogP contribution in [0.3, 0.4) is 0 Å². The summed E-state index contributed by atoms with van der Waals surface area (Å²) in [5.74, 6) is 0.689. The van der Waals surface area contributed by atoms with Crippen molar-refractivity contribution >= 4 is 0 Å². The second-order valence-corrected chi connectivity index (χ2v) is 5.62. The van der Waals surface area contributed by atoms with Crippen LogP contribution in [0, 0.1) is 5.92 Å². The fourth-order valence-corrected chi connectivity index (χ4v) is 2.17. The standard InChI is InChI=1S/C18H28N2/c1-5-10-20(11-6-2)15-18-9-7-8-17(12-18)14-19-13-16(3)4/h5-9,12,16,19H,1-2,10-11,13-15H2,3-4H3. The Morgan fingerprint density at radius 2 is 1.80 bits per heavy atom. The third-order valence-electron chi connectivity index (χ3n) is 3.05. The highest BCUT2D eigenvalue weighted by Gasteiger charge is 2.03. The summed E-state index contributed by atoms with van der Waals surface area (Å²) >= 11 is 0. The first kappa shape index (κ1) is 16.7. The number of hydrogen-bond donors (Lipinski definition) is 1. The van der Waals surface area contributed by atoms with Crippen molar-refractivity contribution in [1.82, 2.24) is 10.2 Å². The van der Waals surface area contributed by atoms with Crippen LogP contribution >= 0.6 is 0 Å². The number of benzene rings is 1. The molecule has 0 aliphatic rings. The van der Waals surface area contributed by atoms with Crippen LogP contribution in [0.4, 0.5) is 0 Å². The Labute approximate surface area is 124 Å². The predicted molar refractivity (Wildman–Crippen MR) is 88.7 cm³/mol. The molecule has 0 saturated carbocycles. The highest BCUT2D eigenvalue weighted by atomic mass is 15.1. The van der Waals surface area contributed by atoms with Crippen molar-refractivity contribution in [3.05, 3.63) is 60.7 Å². The SMILES string of the molecule is C=CCN(CC=C)Cc1cccc(CNCC(C)C)c1. The van der Waals surface area contributed by atoms with Gasteiger partial charge in [0.2, 0.25) is 0 Å². The van der Waals surface area contributed by atoms with Gasteiger partial charge in [-0.2, -0.15) is 0 Å². The fraction of sp³-hybridized carbons (Fsp3) is 0.444. The van der Waals surface area contributed by atoms with Gasteiger partial charge >= 0.3 is 0 Å². The zero-order chi connectivity index (χ0) is 14.8. The molecule has 0 amide bonds. The Kier molecular flexibility index (Phi) is 7.93. The highest BCUT2D eigenvalue weighted by molar-refractivity contribution is 5.23. The van der Waals surface area contributed by atoms with Crippen molar-refractivity contribution in [2.45, 2.75) is 26.9 Å². The summed E-state index contributed by atoms with van der Waals surface area (Å²) in [6.07, 6.45) is 3.88. The van der Waals surface area contributed by atoms with Gasteiger partial charge in [-0.3, -0.25) is 4.90 Å². The summed E-state index contributed by atoms with van der Waals surface area (Å²) in [6.45, 7) is 16.8. The lowest BCUT2D eigenvalue weighted by molar-refractivity contribution is 0.327. The number of nitrogens with one attached hydrogen (secondary N) is 1. The quantitative estimate of drug-likeness (QED) is 0.655. The minimum Gasteiger partial charge on any atom is -0.312 e. The molecule has 1 aromatic carbocycles. The Balaban J connectivity index is 2.57. The van der Waals surface area contributed by atoms with E-state index in [0.717, 1.165) is 32.7 Å². The van der Waals surface area contributed by atoms with Crippen LogP contribution < -0.4 is 5.32 Å². The van der Waals surface area contributed by atoms with Crippen LogP contribution in [0.15, 0.2) is 49.6 Å². The average Bonchev–Trinajstić information content (AvgIpc) is 2.39. The van der Waals surface area contributed by atoms with Gasteiger partial charge in [-0.05, 0) is 23.6 Å². The molecule has 2 nitrogen and oxygen atoms in total. The molecule has 0 bridgehead atoms. The fourth-order valence-electron chi connectivity index (χ4n) is 2.17. The Bertz CT molecular complexity index is 400. The second kappa shape index (κ2) is 9.51. The first-order chi connectivity index (χ1) is 9.65. The Morgan fingerprint density at radius 3 is 2.40 bits per heavy atom. The van der Waals surface area contributed by atoms with Gasteiger partial charge in [-0.15, -0.1) is 13.2 Å². The molecule has 1 aromatic rings. The van der Waals surface area contributed by atoms with Crippen LogP contribution in [0.2, 0.25) is 0 Å². The van der Waals surface area contributed by atoms with E-state index in [1.807, 2.05) is 12.2 Å². The van der Waals surface area contributed by atoms with Crippen LogP contribution in [0.5, 0.6) is 0 Å². The molecule has 0 heterocycles. The molecule has 0 fully saturated rings. The van der Waals surface area contributed by atoms with Crippen molar-refractivity contribution in [3.63, 3.8) is 0 Å². The van der Waals surface area contributed by atoms with Crippen molar-refractivity contribution in [1.29, 1.82) is 0 Å². The van der Waals surface area contributed by atoms with Crippen LogP contribution in [0.25, 0.3) is 0 Å². The number of hydrogen-bond acceptors (Lipinski definition) is 2. The van der Waals surface area contributed by atoms with Gasteiger partial charge in [0.05, 0.1) is 0 Å². The lowest BCUT2D eigenvalue weighted by atomic mass is 10.1. The van der Waals surface area contributed by atoms with Gasteiger partial charge in [-0.25, -0.2) is 0 Å². The van der Waals surface area contributed by atoms with Gasteiger partial charge in [-0.1, -0.05) is 50.3 Å². The lowest BCUT2D eigenvalue weighted by Crippen LogP contribution is -2.23. The van der Waals surface area contributed by atoms with Gasteiger partial charge in [0.15, 0.2) is 0 Å². The molecular weight excluding hydrogens is 244 g/mol. The molecule has 1 N–H and O–H groups in total. The molecule has 0 aliphatic heterocycles. The predicted octanol–water partition coefficient (Wildman–Crippen LogP) is 3.61. The largest absolute Gasteiger partial charge is 0.312 e. The summed E-state index contributed by atoms with van der Waals surface area (Å²) in [4.78, 5) is 2.32. The van der Waals surface area contributed by atoms with Crippen molar-refractivity contribution in [2.75, 3.05) is 19.6 Å². The van der Waals surface area contributed by atoms with Crippen molar-refractivity contribution < 1.29 is 0 Å². The topological polar surface area (TPSA) is 15.3 Å². The van der Waals surface area contributed by atoms with E-state index in [9.17, 15) is 0 Å². The van der Waals surface area contributed by atoms with Crippen LogP contribution in [-0.4, -0.2) is 24.5 Å². The summed E-state index contributed by atoms with van der Waals surface area (Å²) in [5.41, 5.74) is 2.69. The van der Waals surface area contributed by atoms with E-state index < -0.39 is 0 Å². The maximum atomic E-state index is 3.81. The normalized spacial score (nSPS) is 11.0. The van der Waals surface area contributed by atoms with Gasteiger partial charge in [0, 0.05) is 26.2 Å². The van der Waals surface area contributed by atoms with E-state index in [4.69, 9.17) is 0 Å². The monoisotopic (exact) mass is 272 g/mol. The second-order valence-electron chi connectivity index (χ2n) is 5.62. The summed E-state index contributed by atoms with van der Waals surface area (Å²) in [7, 11) is 0. The average molecular weight is 272 g/mol. The van der Waals surface area contributed by atoms with E-state index in [1.165, 1.54) is 11.1 Å². The molecule has 110 valence electrons. The molecule has 20 heavy (non-hydrogen) atoms. The molecule has 0 aromatic heterocycles. The smallest absolute Gasteiger partial charge is 0.0240 e. The molecule has 2 heteroatoms. The summed E-state index contributed by atoms with van der Waals surface area (Å²) < 4.78 is 0. The van der Waals surface area contributed by atoms with Crippen molar-refractivity contribution in [2.24, 2.45) is 5.92 Å². The molecule has 0 spiro atoms. The molecular formula is C18H28N2. The Hall–Kier alpha value is -1.38. The van der Waals surface area contributed by atoms with E-state index in [2.05, 4.69) is 61.5 Å². The van der Waals surface area contributed by atoms with Crippen molar-refractivity contribution in [3.8, 4) is 0 Å². The first-order valence-electron chi connectivity index (χ1n) is 7.38. The number of rotatable bonds is 10. The van der Waals surface area contributed by atoms with Crippen LogP contribution in [-0.2, 0) is 13.1 Å². The first-order valence-corrected chi connectivity index (χ1v) is 7.38. The third kappa shape index (κ3) is 6.69. The highest BCUT2D eigenvalue weighted by Crippen LogP contribution is 2.09. The minimum absolute atomic E-state index is 0.689. The number of nitrogens with zero attached hydrogens (tertiary/aromatic N) is 1. The van der Waals surface area contributed by atoms with E-state index in [-0.39, 0.29) is 0 Å². The summed E-state index contributed by atoms with van der Waals surface area (Å²) in [5, 5.41) is 3.49. The maximum Gasteiger partial charge on any atom is 0.0240 e. The molecule has 0 atom stereocenters. The molecule has 0 saturated heterocycles. The van der Waals surface area contributed by atoms with E-state index in [0.29, 0.717) is 5.92 Å². The summed E-state index contributed by atoms with van der Waals surface area (Å²) in [6, 6.07) is 8.79. The van der Waals surface area contributed by atoms with E-state index >= 15 is 0 Å². The molecule has 1 rings (SSSR count). The van der Waals surface area contributed by atoms with Gasteiger partial charge in [0.25, 0.3) is 0 Å². The molecule has 0 unspecified atom stereocenters. The zero-order valence-corrected chi connectivity index (χ0v) is 12.9. The minimum atomic E-state index is 0.689. The van der Waals surface area contributed by atoms with Crippen LogP contribution in [0.1, 0.15) is 25.0 Å². The molecule has 0 aliphatic carbocycles. The third-order valence-corrected chi connectivity index (χ3v) is 3.05. The zero-order valence-electron chi connectivity index (χ0n) is 12.9. The maximum absolute atomic E-state index is 3.81. The van der Waals surface area contributed by atoms with Gasteiger partial charge in [0.1, 0.15) is 0 Å². The molecule has 0 radical (unpaired) electrons.